The van der Waals surface area contributed by atoms with Crippen LogP contribution in [0.15, 0.2) is 47.1 Å². The number of esters is 1. The summed E-state index contributed by atoms with van der Waals surface area (Å²) in [4.78, 5) is 18.3. The maximum absolute atomic E-state index is 11.6. The van der Waals surface area contributed by atoms with Crippen LogP contribution in [0.4, 0.5) is 5.82 Å². The van der Waals surface area contributed by atoms with E-state index in [1.165, 1.54) is 7.11 Å². The van der Waals surface area contributed by atoms with Crippen LogP contribution in [0.2, 0.25) is 0 Å². The monoisotopic (exact) mass is 404 g/mol. The summed E-state index contributed by atoms with van der Waals surface area (Å²) < 4.78 is 11.6. The SMILES string of the molecule is COC(=O)c1cccc(OCC2CCN(c3ccc(Br)cn3)CC2)c1. The number of rotatable bonds is 5. The molecule has 6 heteroatoms. The number of methoxy groups -OCH3 is 1. The molecule has 5 nitrogen and oxygen atoms in total. The van der Waals surface area contributed by atoms with Crippen LogP contribution in [0, 0.1) is 5.92 Å². The van der Waals surface area contributed by atoms with Crippen molar-refractivity contribution in [3.63, 3.8) is 0 Å². The Morgan fingerprint density at radius 1 is 1.28 bits per heavy atom. The first-order chi connectivity index (χ1) is 12.2. The number of anilines is 1. The van der Waals surface area contributed by atoms with Gasteiger partial charge < -0.3 is 14.4 Å². The summed E-state index contributed by atoms with van der Waals surface area (Å²) in [6.07, 6.45) is 3.96. The number of piperidine rings is 1. The zero-order valence-electron chi connectivity index (χ0n) is 14.2. The van der Waals surface area contributed by atoms with E-state index in [-0.39, 0.29) is 5.97 Å². The highest BCUT2D eigenvalue weighted by Crippen LogP contribution is 2.24. The minimum Gasteiger partial charge on any atom is -0.493 e. The van der Waals surface area contributed by atoms with E-state index < -0.39 is 0 Å². The molecule has 0 spiro atoms. The van der Waals surface area contributed by atoms with E-state index >= 15 is 0 Å². The second-order valence-corrected chi connectivity index (χ2v) is 7.01. The quantitative estimate of drug-likeness (QED) is 0.706. The van der Waals surface area contributed by atoms with E-state index in [1.807, 2.05) is 30.5 Å². The molecule has 3 rings (SSSR count). The highest BCUT2D eigenvalue weighted by atomic mass is 79.9. The molecule has 1 aliphatic rings. The average Bonchev–Trinajstić information content (AvgIpc) is 2.67. The molecule has 2 aromatic rings. The van der Waals surface area contributed by atoms with Gasteiger partial charge >= 0.3 is 5.97 Å². The Labute approximate surface area is 156 Å². The molecule has 0 aliphatic carbocycles. The highest BCUT2D eigenvalue weighted by molar-refractivity contribution is 9.10. The predicted octanol–water partition coefficient (Wildman–Crippen LogP) is 3.93. The number of ether oxygens (including phenoxy) is 2. The van der Waals surface area contributed by atoms with Crippen molar-refractivity contribution in [1.29, 1.82) is 0 Å². The molecule has 0 amide bonds. The van der Waals surface area contributed by atoms with E-state index in [0.29, 0.717) is 23.8 Å². The molecule has 0 radical (unpaired) electrons. The van der Waals surface area contributed by atoms with Gasteiger partial charge in [0.05, 0.1) is 19.3 Å². The van der Waals surface area contributed by atoms with Gasteiger partial charge in [0.15, 0.2) is 0 Å². The van der Waals surface area contributed by atoms with Crippen molar-refractivity contribution in [3.8, 4) is 5.75 Å². The summed E-state index contributed by atoms with van der Waals surface area (Å²) in [5.41, 5.74) is 0.510. The molecule has 0 bridgehead atoms. The third-order valence-electron chi connectivity index (χ3n) is 4.39. The number of halogens is 1. The van der Waals surface area contributed by atoms with Crippen molar-refractivity contribution in [3.05, 3.63) is 52.6 Å². The van der Waals surface area contributed by atoms with Crippen molar-refractivity contribution < 1.29 is 14.3 Å². The third kappa shape index (κ3) is 4.72. The number of hydrogen-bond donors (Lipinski definition) is 0. The maximum Gasteiger partial charge on any atom is 0.337 e. The summed E-state index contributed by atoms with van der Waals surface area (Å²) in [5.74, 6) is 1.89. The molecule has 1 fully saturated rings. The van der Waals surface area contributed by atoms with Crippen molar-refractivity contribution in [2.75, 3.05) is 31.7 Å². The lowest BCUT2D eigenvalue weighted by Crippen LogP contribution is -2.36. The minimum atomic E-state index is -0.347. The molecule has 1 aromatic carbocycles. The highest BCUT2D eigenvalue weighted by Gasteiger charge is 2.20. The van der Waals surface area contributed by atoms with Crippen molar-refractivity contribution in [1.82, 2.24) is 4.98 Å². The van der Waals surface area contributed by atoms with Crippen LogP contribution in [-0.4, -0.2) is 37.8 Å². The van der Waals surface area contributed by atoms with Crippen LogP contribution in [0.5, 0.6) is 5.75 Å². The smallest absolute Gasteiger partial charge is 0.337 e. The molecule has 0 unspecified atom stereocenters. The normalized spacial score (nSPS) is 15.0. The number of benzene rings is 1. The molecule has 25 heavy (non-hydrogen) atoms. The summed E-state index contributed by atoms with van der Waals surface area (Å²) in [6.45, 7) is 2.61. The molecule has 0 saturated carbocycles. The Bertz CT molecular complexity index is 713. The van der Waals surface area contributed by atoms with E-state index in [4.69, 9.17) is 9.47 Å². The van der Waals surface area contributed by atoms with E-state index in [1.54, 1.807) is 12.1 Å². The number of aromatic nitrogens is 1. The van der Waals surface area contributed by atoms with Crippen LogP contribution in [-0.2, 0) is 4.74 Å². The summed E-state index contributed by atoms with van der Waals surface area (Å²) >= 11 is 3.41. The lowest BCUT2D eigenvalue weighted by molar-refractivity contribution is 0.0600. The first-order valence-corrected chi connectivity index (χ1v) is 9.12. The van der Waals surface area contributed by atoms with Gasteiger partial charge in [-0.15, -0.1) is 0 Å². The number of nitrogens with zero attached hydrogens (tertiary/aromatic N) is 2. The maximum atomic E-state index is 11.6. The fourth-order valence-corrected chi connectivity index (χ4v) is 3.16. The standard InChI is InChI=1S/C19H21BrN2O3/c1-24-19(23)15-3-2-4-17(11-15)25-13-14-7-9-22(10-8-14)18-6-5-16(20)12-21-18/h2-6,11-12,14H,7-10,13H2,1H3. The van der Waals surface area contributed by atoms with E-state index in [2.05, 4.69) is 25.8 Å². The first kappa shape index (κ1) is 17.7. The summed E-state index contributed by atoms with van der Waals surface area (Å²) in [6, 6.07) is 11.2. The Balaban J connectivity index is 1.49. The van der Waals surface area contributed by atoms with Crippen molar-refractivity contribution in [2.45, 2.75) is 12.8 Å². The van der Waals surface area contributed by atoms with Crippen LogP contribution in [0.1, 0.15) is 23.2 Å². The molecular weight excluding hydrogens is 384 g/mol. The fourth-order valence-electron chi connectivity index (χ4n) is 2.93. The molecular formula is C19H21BrN2O3. The average molecular weight is 405 g/mol. The van der Waals surface area contributed by atoms with Crippen LogP contribution < -0.4 is 9.64 Å². The van der Waals surface area contributed by atoms with Gasteiger partial charge in [0.1, 0.15) is 11.6 Å². The second kappa shape index (κ2) is 8.34. The van der Waals surface area contributed by atoms with Crippen LogP contribution in [0.25, 0.3) is 0 Å². The van der Waals surface area contributed by atoms with Gasteiger partial charge in [-0.05, 0) is 65.0 Å². The summed E-state index contributed by atoms with van der Waals surface area (Å²) in [7, 11) is 1.38. The van der Waals surface area contributed by atoms with Gasteiger partial charge in [-0.3, -0.25) is 0 Å². The molecule has 1 saturated heterocycles. The summed E-state index contributed by atoms with van der Waals surface area (Å²) in [5, 5.41) is 0. The molecule has 0 N–H and O–H groups in total. The molecule has 2 heterocycles. The lowest BCUT2D eigenvalue weighted by Gasteiger charge is -2.32. The zero-order valence-corrected chi connectivity index (χ0v) is 15.7. The third-order valence-corrected chi connectivity index (χ3v) is 4.86. The largest absolute Gasteiger partial charge is 0.493 e. The van der Waals surface area contributed by atoms with Gasteiger partial charge in [0.2, 0.25) is 0 Å². The lowest BCUT2D eigenvalue weighted by atomic mass is 9.98. The van der Waals surface area contributed by atoms with E-state index in [9.17, 15) is 4.79 Å². The fraction of sp³-hybridized carbons (Fsp3) is 0.368. The Morgan fingerprint density at radius 2 is 2.08 bits per heavy atom. The Hall–Kier alpha value is -2.08. The predicted molar refractivity (Wildman–Crippen MR) is 100 cm³/mol. The number of pyridine rings is 1. The van der Waals surface area contributed by atoms with Crippen LogP contribution in [0.3, 0.4) is 0 Å². The van der Waals surface area contributed by atoms with Crippen molar-refractivity contribution in [2.24, 2.45) is 5.92 Å². The minimum absolute atomic E-state index is 0.347. The first-order valence-electron chi connectivity index (χ1n) is 8.33. The van der Waals surface area contributed by atoms with Gasteiger partial charge in [-0.25, -0.2) is 9.78 Å². The number of carbonyl (C=O) groups is 1. The van der Waals surface area contributed by atoms with Gasteiger partial charge in [-0.2, -0.15) is 0 Å². The number of carbonyl (C=O) groups excluding carboxylic acids is 1. The number of hydrogen-bond acceptors (Lipinski definition) is 5. The van der Waals surface area contributed by atoms with Gasteiger partial charge in [0.25, 0.3) is 0 Å². The molecule has 0 atom stereocenters. The topological polar surface area (TPSA) is 51.7 Å². The zero-order chi connectivity index (χ0) is 17.6. The van der Waals surface area contributed by atoms with Gasteiger partial charge in [0, 0.05) is 23.8 Å². The van der Waals surface area contributed by atoms with Crippen LogP contribution >= 0.6 is 15.9 Å². The van der Waals surface area contributed by atoms with Gasteiger partial charge in [-0.1, -0.05) is 6.07 Å². The second-order valence-electron chi connectivity index (χ2n) is 6.10. The Kier molecular flexibility index (Phi) is 5.91. The molecule has 1 aromatic heterocycles. The van der Waals surface area contributed by atoms with E-state index in [0.717, 1.165) is 36.2 Å². The molecule has 132 valence electrons. The molecule has 1 aliphatic heterocycles. The Morgan fingerprint density at radius 3 is 2.76 bits per heavy atom. The van der Waals surface area contributed by atoms with Crippen molar-refractivity contribution >= 4 is 27.7 Å².